The Kier molecular flexibility index (Phi) is 10.0. The molecule has 11 heteroatoms. The van der Waals surface area contributed by atoms with Crippen LogP contribution in [-0.2, 0) is 19.1 Å². The summed E-state index contributed by atoms with van der Waals surface area (Å²) in [4.78, 5) is 60.7. The van der Waals surface area contributed by atoms with Gasteiger partial charge in [0.2, 0.25) is 11.8 Å². The number of carbonyl (C=O) groups is 4. The van der Waals surface area contributed by atoms with Crippen molar-refractivity contribution in [2.75, 3.05) is 33.9 Å². The molecule has 52 heavy (non-hydrogen) atoms. The van der Waals surface area contributed by atoms with Crippen LogP contribution in [-0.4, -0.2) is 102 Å². The summed E-state index contributed by atoms with van der Waals surface area (Å²) in [5.41, 5.74) is 9.15. The maximum atomic E-state index is 13.6. The molecule has 3 fully saturated rings. The Morgan fingerprint density at radius 2 is 1.50 bits per heavy atom. The first-order chi connectivity index (χ1) is 25.1. The first-order valence-electron chi connectivity index (χ1n) is 18.3. The standard InChI is InChI=1S/C41H47N5O6/c1-25(2)38(43-40(49)51-3)39(48)45-19-5-6-35(45)31-16-15-30(20-31)28-11-7-26(8-12-28)27-9-13-29(14-10-27)32-21-34(42-22-32)36-18-17-33-23-44(41(50)52-4)24-37(47)46(33)36/h7-16,22,25,33,35-36,38H,5-6,17-21,23-24H2,1-4H3,(H,43,49)/t33-,35-,36-,38-/m0/s1. The highest BCUT2D eigenvalue weighted by atomic mass is 16.5. The molecule has 11 nitrogen and oxygen atoms in total. The number of ether oxygens (including phenoxy) is 2. The summed E-state index contributed by atoms with van der Waals surface area (Å²) in [5, 5.41) is 2.73. The number of likely N-dealkylation sites (tertiary alicyclic amines) is 1. The number of methoxy groups -OCH3 is 2. The number of aliphatic imine (C=N–C) groups is 1. The van der Waals surface area contributed by atoms with Crippen LogP contribution < -0.4 is 5.32 Å². The van der Waals surface area contributed by atoms with Gasteiger partial charge in [0.05, 0.1) is 32.3 Å². The van der Waals surface area contributed by atoms with E-state index in [9.17, 15) is 19.2 Å². The van der Waals surface area contributed by atoms with Crippen LogP contribution in [0.5, 0.6) is 0 Å². The molecular formula is C41H47N5O6. The maximum Gasteiger partial charge on any atom is 0.410 e. The minimum atomic E-state index is -0.625. The molecule has 1 N–H and O–H groups in total. The molecular weight excluding hydrogens is 658 g/mol. The molecule has 0 saturated carbocycles. The van der Waals surface area contributed by atoms with Crippen molar-refractivity contribution in [2.45, 2.75) is 76.5 Å². The van der Waals surface area contributed by atoms with Crippen LogP contribution in [0.15, 0.2) is 77.4 Å². The second-order valence-electron chi connectivity index (χ2n) is 14.7. The predicted octanol–water partition coefficient (Wildman–Crippen LogP) is 6.07. The number of hydrogen-bond donors (Lipinski definition) is 1. The van der Waals surface area contributed by atoms with Crippen LogP contribution >= 0.6 is 0 Å². The average Bonchev–Trinajstić information content (AvgIpc) is 3.99. The zero-order valence-electron chi connectivity index (χ0n) is 30.3. The molecule has 4 aliphatic heterocycles. The lowest BCUT2D eigenvalue weighted by Crippen LogP contribution is -2.58. The van der Waals surface area contributed by atoms with Crippen LogP contribution in [0, 0.1) is 5.92 Å². The fourth-order valence-corrected chi connectivity index (χ4v) is 8.45. The molecule has 0 aromatic heterocycles. The summed E-state index contributed by atoms with van der Waals surface area (Å²) in [6.07, 6.45) is 10.3. The maximum absolute atomic E-state index is 13.6. The SMILES string of the molecule is COC(=O)N[C@H](C(=O)N1CCC[C@H]1C1=CC=C(c2ccc(-c3ccc(C4=CN=C([C@@H]5CC[C@H]6CN(C(=O)OC)CC(=O)N65)C4)cc3)cc2)C1)C(C)C. The van der Waals surface area contributed by atoms with E-state index >= 15 is 0 Å². The van der Waals surface area contributed by atoms with Crippen molar-refractivity contribution in [1.82, 2.24) is 20.0 Å². The van der Waals surface area contributed by atoms with Gasteiger partial charge in [0.15, 0.2) is 0 Å². The lowest BCUT2D eigenvalue weighted by molar-refractivity contribution is -0.138. The Labute approximate surface area is 305 Å². The minimum absolute atomic E-state index is 0.000207. The summed E-state index contributed by atoms with van der Waals surface area (Å²) in [5.74, 6) is -0.159. The van der Waals surface area contributed by atoms with Crippen molar-refractivity contribution in [3.63, 3.8) is 0 Å². The van der Waals surface area contributed by atoms with Gasteiger partial charge in [0, 0.05) is 31.4 Å². The Morgan fingerprint density at radius 3 is 2.15 bits per heavy atom. The fraction of sp³-hybridized carbons (Fsp3) is 0.439. The molecule has 0 radical (unpaired) electrons. The van der Waals surface area contributed by atoms with Crippen LogP contribution in [0.2, 0.25) is 0 Å². The lowest BCUT2D eigenvalue weighted by Gasteiger charge is -2.39. The number of benzene rings is 2. The number of rotatable bonds is 8. The largest absolute Gasteiger partial charge is 0.453 e. The van der Waals surface area contributed by atoms with Crippen molar-refractivity contribution < 1.29 is 28.7 Å². The molecule has 4 heterocycles. The number of hydrogen-bond acceptors (Lipinski definition) is 7. The van der Waals surface area contributed by atoms with Crippen LogP contribution in [0.4, 0.5) is 9.59 Å². The van der Waals surface area contributed by atoms with Gasteiger partial charge in [-0.2, -0.15) is 0 Å². The van der Waals surface area contributed by atoms with Crippen molar-refractivity contribution in [1.29, 1.82) is 0 Å². The fourth-order valence-electron chi connectivity index (χ4n) is 8.45. The smallest absolute Gasteiger partial charge is 0.410 e. The predicted molar refractivity (Wildman–Crippen MR) is 199 cm³/mol. The number of nitrogens with one attached hydrogen (secondary N) is 1. The second-order valence-corrected chi connectivity index (χ2v) is 14.7. The van der Waals surface area contributed by atoms with E-state index in [-0.39, 0.29) is 42.4 Å². The summed E-state index contributed by atoms with van der Waals surface area (Å²) in [7, 11) is 2.66. The first-order valence-corrected chi connectivity index (χ1v) is 18.3. The van der Waals surface area contributed by atoms with Gasteiger partial charge in [-0.05, 0) is 77.0 Å². The molecule has 0 unspecified atom stereocenters. The lowest BCUT2D eigenvalue weighted by atomic mass is 9.94. The zero-order valence-corrected chi connectivity index (χ0v) is 30.3. The van der Waals surface area contributed by atoms with Gasteiger partial charge in [0.25, 0.3) is 0 Å². The summed E-state index contributed by atoms with van der Waals surface area (Å²) in [6.45, 7) is 5.09. The van der Waals surface area contributed by atoms with E-state index in [1.807, 2.05) is 29.8 Å². The third-order valence-corrected chi connectivity index (χ3v) is 11.2. The average molecular weight is 706 g/mol. The number of amides is 4. The van der Waals surface area contributed by atoms with E-state index in [0.29, 0.717) is 19.5 Å². The van der Waals surface area contributed by atoms with Gasteiger partial charge in [-0.1, -0.05) is 74.5 Å². The molecule has 5 aliphatic rings. The molecule has 0 bridgehead atoms. The van der Waals surface area contributed by atoms with Gasteiger partial charge in [-0.25, -0.2) is 9.59 Å². The molecule has 0 spiro atoms. The van der Waals surface area contributed by atoms with Crippen LogP contribution in [0.3, 0.4) is 0 Å². The number of nitrogens with zero attached hydrogens (tertiary/aromatic N) is 4. The van der Waals surface area contributed by atoms with Crippen molar-refractivity contribution in [2.24, 2.45) is 10.9 Å². The van der Waals surface area contributed by atoms with Gasteiger partial charge in [-0.15, -0.1) is 0 Å². The third-order valence-electron chi connectivity index (χ3n) is 11.2. The number of piperazine rings is 1. The van der Waals surface area contributed by atoms with Crippen molar-refractivity contribution in [3.05, 3.63) is 83.6 Å². The molecule has 4 atom stereocenters. The van der Waals surface area contributed by atoms with E-state index in [4.69, 9.17) is 14.5 Å². The van der Waals surface area contributed by atoms with E-state index in [2.05, 4.69) is 66.0 Å². The van der Waals surface area contributed by atoms with Crippen molar-refractivity contribution in [3.8, 4) is 11.1 Å². The Morgan fingerprint density at radius 1 is 0.827 bits per heavy atom. The van der Waals surface area contributed by atoms with Crippen LogP contribution in [0.1, 0.15) is 63.5 Å². The minimum Gasteiger partial charge on any atom is -0.453 e. The van der Waals surface area contributed by atoms with Gasteiger partial charge in [-0.3, -0.25) is 19.5 Å². The van der Waals surface area contributed by atoms with Crippen molar-refractivity contribution >= 4 is 40.9 Å². The summed E-state index contributed by atoms with van der Waals surface area (Å²) < 4.78 is 9.62. The normalized spacial score (nSPS) is 23.2. The number of alkyl carbamates (subject to hydrolysis) is 1. The highest BCUT2D eigenvalue weighted by Crippen LogP contribution is 2.38. The highest BCUT2D eigenvalue weighted by Gasteiger charge is 2.45. The van der Waals surface area contributed by atoms with E-state index in [0.717, 1.165) is 65.6 Å². The molecule has 2 aromatic rings. The Hall–Kier alpha value is -5.19. The van der Waals surface area contributed by atoms with E-state index in [1.54, 1.807) is 0 Å². The first kappa shape index (κ1) is 35.2. The molecule has 7 rings (SSSR count). The topological polar surface area (TPSA) is 121 Å². The zero-order chi connectivity index (χ0) is 36.5. The number of fused-ring (bicyclic) bond motifs is 1. The molecule has 4 amide bonds. The molecule has 272 valence electrons. The second kappa shape index (κ2) is 14.8. The summed E-state index contributed by atoms with van der Waals surface area (Å²) in [6, 6.07) is 16.6. The van der Waals surface area contributed by atoms with E-state index < -0.39 is 18.2 Å². The molecule has 2 aromatic carbocycles. The van der Waals surface area contributed by atoms with E-state index in [1.165, 1.54) is 30.3 Å². The molecule has 3 saturated heterocycles. The quantitative estimate of drug-likeness (QED) is 0.356. The Bertz CT molecular complexity index is 1860. The van der Waals surface area contributed by atoms with Gasteiger partial charge in [0.1, 0.15) is 12.6 Å². The number of carbonyl (C=O) groups excluding carboxylic acids is 4. The molecule has 1 aliphatic carbocycles. The highest BCUT2D eigenvalue weighted by molar-refractivity contribution is 6.04. The monoisotopic (exact) mass is 705 g/mol. The van der Waals surface area contributed by atoms with Crippen LogP contribution in [0.25, 0.3) is 22.3 Å². The third kappa shape index (κ3) is 6.88. The number of allylic oxidation sites excluding steroid dienone is 4. The summed E-state index contributed by atoms with van der Waals surface area (Å²) >= 11 is 0. The van der Waals surface area contributed by atoms with Gasteiger partial charge >= 0.3 is 12.2 Å². The Balaban J connectivity index is 0.936. The van der Waals surface area contributed by atoms with Gasteiger partial charge < -0.3 is 24.6 Å².